The first-order valence-corrected chi connectivity index (χ1v) is 5.28. The molecule has 0 heterocycles. The predicted molar refractivity (Wildman–Crippen MR) is 64.6 cm³/mol. The average Bonchev–Trinajstić information content (AvgIpc) is 2.16. The van der Waals surface area contributed by atoms with Crippen molar-refractivity contribution in [1.29, 1.82) is 0 Å². The van der Waals surface area contributed by atoms with E-state index in [0.29, 0.717) is 11.8 Å². The van der Waals surface area contributed by atoms with Crippen LogP contribution in [-0.4, -0.2) is 23.1 Å². The predicted octanol–water partition coefficient (Wildman–Crippen LogP) is 4.13. The Hall–Kier alpha value is 0.766. The van der Waals surface area contributed by atoms with E-state index >= 15 is 0 Å². The van der Waals surface area contributed by atoms with E-state index in [2.05, 4.69) is 41.5 Å². The summed E-state index contributed by atoms with van der Waals surface area (Å²) in [6, 6.07) is 0. The van der Waals surface area contributed by atoms with Crippen molar-refractivity contribution in [3.8, 4) is 0 Å². The van der Waals surface area contributed by atoms with Gasteiger partial charge in [-0.3, -0.25) is 0 Å². The summed E-state index contributed by atoms with van der Waals surface area (Å²) < 4.78 is 0. The van der Waals surface area contributed by atoms with Crippen LogP contribution in [0.4, 0.5) is 0 Å². The minimum atomic E-state index is 0. The zero-order valence-electron chi connectivity index (χ0n) is 10.1. The van der Waals surface area contributed by atoms with Crippen LogP contribution in [0.25, 0.3) is 0 Å². The van der Waals surface area contributed by atoms with Crippen molar-refractivity contribution < 1.29 is 0 Å². The second-order valence-corrected chi connectivity index (χ2v) is 3.37. The third-order valence-electron chi connectivity index (χ3n) is 2.31. The molecule has 0 bridgehead atoms. The summed E-state index contributed by atoms with van der Waals surface area (Å²) in [5, 5.41) is 0. The Bertz CT molecular complexity index is 53.5. The molecular formula is C12H26Mg. The fourth-order valence-corrected chi connectivity index (χ4v) is 0.577. The van der Waals surface area contributed by atoms with Gasteiger partial charge in [0.25, 0.3) is 0 Å². The first-order chi connectivity index (χ1) is 5.62. The molecule has 76 valence electrons. The monoisotopic (exact) mass is 194 g/mol. The smallest absolute Gasteiger partial charge is 0.340 e. The van der Waals surface area contributed by atoms with Crippen LogP contribution >= 0.6 is 0 Å². The van der Waals surface area contributed by atoms with E-state index in [4.69, 9.17) is 0 Å². The largest absolute Gasteiger partial charge is 2.00 e. The molecule has 13 heavy (non-hydrogen) atoms. The number of hydrogen-bond acceptors (Lipinski definition) is 0. The van der Waals surface area contributed by atoms with E-state index < -0.39 is 0 Å². The summed E-state index contributed by atoms with van der Waals surface area (Å²) >= 11 is 0. The average molecular weight is 195 g/mol. The Labute approximate surface area is 102 Å². The van der Waals surface area contributed by atoms with E-state index in [1.165, 1.54) is 25.7 Å². The van der Waals surface area contributed by atoms with E-state index in [1.54, 1.807) is 0 Å². The van der Waals surface area contributed by atoms with Crippen LogP contribution in [0.2, 0.25) is 0 Å². The molecule has 0 rings (SSSR count). The third-order valence-corrected chi connectivity index (χ3v) is 2.31. The van der Waals surface area contributed by atoms with Gasteiger partial charge in [0.2, 0.25) is 0 Å². The molecule has 0 N–H and O–H groups in total. The maximum absolute atomic E-state index is 3.88. The van der Waals surface area contributed by atoms with Crippen LogP contribution in [0.15, 0.2) is 0 Å². The van der Waals surface area contributed by atoms with Gasteiger partial charge < -0.3 is 13.8 Å². The van der Waals surface area contributed by atoms with E-state index in [-0.39, 0.29) is 23.1 Å². The van der Waals surface area contributed by atoms with E-state index in [0.717, 1.165) is 0 Å². The van der Waals surface area contributed by atoms with Gasteiger partial charge in [-0.1, -0.05) is 53.4 Å². The van der Waals surface area contributed by atoms with Crippen molar-refractivity contribution in [2.24, 2.45) is 11.8 Å². The van der Waals surface area contributed by atoms with Gasteiger partial charge in [-0.15, -0.1) is 0 Å². The maximum Gasteiger partial charge on any atom is 2.00 e. The van der Waals surface area contributed by atoms with Crippen molar-refractivity contribution in [3.05, 3.63) is 13.8 Å². The summed E-state index contributed by atoms with van der Waals surface area (Å²) in [5.74, 6) is 1.37. The Morgan fingerprint density at radius 2 is 0.846 bits per heavy atom. The molecule has 0 aromatic carbocycles. The molecule has 0 amide bonds. The molecular weight excluding hydrogens is 168 g/mol. The van der Waals surface area contributed by atoms with Gasteiger partial charge in [0.15, 0.2) is 0 Å². The molecule has 0 radical (unpaired) electrons. The molecule has 0 aromatic rings. The van der Waals surface area contributed by atoms with E-state index in [1.807, 2.05) is 0 Å². The Kier molecular flexibility index (Phi) is 22.7. The van der Waals surface area contributed by atoms with Crippen LogP contribution in [0.5, 0.6) is 0 Å². The third kappa shape index (κ3) is 19.3. The van der Waals surface area contributed by atoms with Gasteiger partial charge in [-0.05, 0) is 0 Å². The molecule has 1 heteroatoms. The normalized spacial score (nSPS) is 9.23. The molecule has 0 spiro atoms. The van der Waals surface area contributed by atoms with Gasteiger partial charge in [0, 0.05) is 0 Å². The zero-order chi connectivity index (χ0) is 9.98. The molecule has 0 fully saturated rings. The van der Waals surface area contributed by atoms with Crippen molar-refractivity contribution >= 4 is 23.1 Å². The molecule has 0 aliphatic rings. The molecule has 0 aromatic heterocycles. The molecule has 0 unspecified atom stereocenters. The van der Waals surface area contributed by atoms with E-state index in [9.17, 15) is 0 Å². The van der Waals surface area contributed by atoms with Crippen molar-refractivity contribution in [2.45, 2.75) is 53.4 Å². The topological polar surface area (TPSA) is 0 Å². The second-order valence-electron chi connectivity index (χ2n) is 3.37. The zero-order valence-corrected chi connectivity index (χ0v) is 11.5. The SMILES string of the molecule is [CH2-]C(CC)CC.[CH2-]C(CC)CC.[Mg+2]. The van der Waals surface area contributed by atoms with Crippen molar-refractivity contribution in [2.75, 3.05) is 0 Å². The Balaban J connectivity index is -0.000000143. The maximum atomic E-state index is 3.88. The van der Waals surface area contributed by atoms with Crippen molar-refractivity contribution in [3.63, 3.8) is 0 Å². The van der Waals surface area contributed by atoms with Crippen LogP contribution < -0.4 is 0 Å². The molecule has 0 aliphatic heterocycles. The molecule has 0 saturated carbocycles. The van der Waals surface area contributed by atoms with Gasteiger partial charge >= 0.3 is 23.1 Å². The van der Waals surface area contributed by atoms with Crippen LogP contribution in [0, 0.1) is 25.7 Å². The summed E-state index contributed by atoms with van der Waals surface area (Å²) in [4.78, 5) is 0. The molecule has 0 nitrogen and oxygen atoms in total. The van der Waals surface area contributed by atoms with Crippen LogP contribution in [0.1, 0.15) is 53.4 Å². The summed E-state index contributed by atoms with van der Waals surface area (Å²) in [5.41, 5.74) is 0. The minimum Gasteiger partial charge on any atom is -0.340 e. The number of hydrogen-bond donors (Lipinski definition) is 0. The fourth-order valence-electron chi connectivity index (χ4n) is 0.577. The first kappa shape index (κ1) is 19.4. The summed E-state index contributed by atoms with van der Waals surface area (Å²) in [7, 11) is 0. The Morgan fingerprint density at radius 3 is 0.846 bits per heavy atom. The van der Waals surface area contributed by atoms with Gasteiger partial charge in [0.05, 0.1) is 0 Å². The standard InChI is InChI=1S/2C6H13.Mg/c2*1-4-6(3)5-2;/h2*6H,3-5H2,1-2H3;/q2*-1;+2. The fraction of sp³-hybridized carbons (Fsp3) is 0.833. The quantitative estimate of drug-likeness (QED) is 0.466. The molecule has 0 atom stereocenters. The number of rotatable bonds is 4. The van der Waals surface area contributed by atoms with Gasteiger partial charge in [-0.25, -0.2) is 0 Å². The first-order valence-electron chi connectivity index (χ1n) is 5.28. The molecule has 0 aliphatic carbocycles. The molecule has 0 saturated heterocycles. The van der Waals surface area contributed by atoms with Crippen LogP contribution in [-0.2, 0) is 0 Å². The van der Waals surface area contributed by atoms with Gasteiger partial charge in [-0.2, -0.15) is 11.8 Å². The summed E-state index contributed by atoms with van der Waals surface area (Å²) in [6.45, 7) is 16.4. The second kappa shape index (κ2) is 15.2. The minimum absolute atomic E-state index is 0. The van der Waals surface area contributed by atoms with Crippen molar-refractivity contribution in [1.82, 2.24) is 0 Å². The summed E-state index contributed by atoms with van der Waals surface area (Å²) in [6.07, 6.45) is 4.88. The van der Waals surface area contributed by atoms with Crippen LogP contribution in [0.3, 0.4) is 0 Å². The van der Waals surface area contributed by atoms with Gasteiger partial charge in [0.1, 0.15) is 0 Å². The Morgan fingerprint density at radius 1 is 0.692 bits per heavy atom.